The Bertz CT molecular complexity index is 1080. The molecule has 2 N–H and O–H groups in total. The van der Waals surface area contributed by atoms with Crippen LogP contribution in [0.2, 0.25) is 5.02 Å². The molecule has 0 aliphatic rings. The third-order valence-electron chi connectivity index (χ3n) is 3.51. The average molecular weight is 408 g/mol. The third-order valence-corrected chi connectivity index (χ3v) is 4.23. The summed E-state index contributed by atoms with van der Waals surface area (Å²) in [6, 6.07) is 11.5. The first-order valence-corrected chi connectivity index (χ1v) is 8.06. The second-order valence-corrected chi connectivity index (χ2v) is 6.30. The zero-order chi connectivity index (χ0) is 16.8. The van der Waals surface area contributed by atoms with Crippen molar-refractivity contribution in [2.24, 2.45) is 0 Å². The van der Waals surface area contributed by atoms with Crippen LogP contribution in [0, 0.1) is 5.82 Å². The van der Waals surface area contributed by atoms with Crippen molar-refractivity contribution in [2.45, 2.75) is 0 Å². The second-order valence-electron chi connectivity index (χ2n) is 5.11. The summed E-state index contributed by atoms with van der Waals surface area (Å²) in [4.78, 5) is 4.43. The Kier molecular flexibility index (Phi) is 3.54. The lowest BCUT2D eigenvalue weighted by Crippen LogP contribution is -1.99. The molecule has 0 aliphatic heterocycles. The molecule has 0 bridgehead atoms. The fourth-order valence-electron chi connectivity index (χ4n) is 2.39. The van der Waals surface area contributed by atoms with Gasteiger partial charge in [-0.25, -0.2) is 9.37 Å². The van der Waals surface area contributed by atoms with E-state index in [9.17, 15) is 4.39 Å². The summed E-state index contributed by atoms with van der Waals surface area (Å²) in [6.07, 6.45) is 0. The summed E-state index contributed by atoms with van der Waals surface area (Å²) in [5.74, 6) is 0.869. The number of nitrogen functional groups attached to an aromatic ring is 1. The third kappa shape index (κ3) is 2.55. The Hall–Kier alpha value is -2.38. The zero-order valence-electron chi connectivity index (χ0n) is 12.0. The van der Waals surface area contributed by atoms with Gasteiger partial charge in [0, 0.05) is 0 Å². The number of aromatic nitrogens is 3. The summed E-state index contributed by atoms with van der Waals surface area (Å²) in [5, 5.41) is 4.39. The fraction of sp³-hybridized carbons (Fsp3) is 0. The summed E-state index contributed by atoms with van der Waals surface area (Å²) in [6.45, 7) is 0. The average Bonchev–Trinajstić information content (AvgIpc) is 3.16. The molecule has 1 aromatic carbocycles. The van der Waals surface area contributed by atoms with Crippen LogP contribution in [-0.2, 0) is 0 Å². The number of fused-ring (bicyclic) bond motifs is 1. The molecule has 0 amide bonds. The molecule has 0 fully saturated rings. The Balaban J connectivity index is 1.86. The number of furan rings is 1. The molecule has 0 aliphatic carbocycles. The first kappa shape index (κ1) is 15.2. The Morgan fingerprint density at radius 1 is 1.12 bits per heavy atom. The van der Waals surface area contributed by atoms with Gasteiger partial charge in [0.05, 0.1) is 5.02 Å². The molecule has 4 rings (SSSR count). The van der Waals surface area contributed by atoms with E-state index in [4.69, 9.17) is 21.8 Å². The molecule has 8 heteroatoms. The SMILES string of the molecule is Nc1cc(-c2ccc(F)c(Cl)c2)cc2nc(-c3ccc(Br)o3)nn12. The van der Waals surface area contributed by atoms with Crippen molar-refractivity contribution in [1.82, 2.24) is 14.6 Å². The van der Waals surface area contributed by atoms with Gasteiger partial charge in [0.25, 0.3) is 0 Å². The van der Waals surface area contributed by atoms with Gasteiger partial charge in [0.15, 0.2) is 16.1 Å². The number of hydrogen-bond acceptors (Lipinski definition) is 4. The normalized spacial score (nSPS) is 11.3. The standard InChI is InChI=1S/C16H9BrClFN4O/c17-13-4-3-12(24-13)16-21-15-7-9(6-14(20)23(15)22-16)8-1-2-11(19)10(18)5-8/h1-7H,20H2. The van der Waals surface area contributed by atoms with Gasteiger partial charge in [-0.15, -0.1) is 5.10 Å². The highest BCUT2D eigenvalue weighted by atomic mass is 79.9. The van der Waals surface area contributed by atoms with Gasteiger partial charge in [-0.3, -0.25) is 0 Å². The van der Waals surface area contributed by atoms with E-state index in [1.54, 1.807) is 36.4 Å². The topological polar surface area (TPSA) is 69.3 Å². The molecule has 0 unspecified atom stereocenters. The number of nitrogens with two attached hydrogens (primary N) is 1. The lowest BCUT2D eigenvalue weighted by Gasteiger charge is -2.05. The van der Waals surface area contributed by atoms with Crippen LogP contribution in [0.5, 0.6) is 0 Å². The molecular weight excluding hydrogens is 399 g/mol. The monoisotopic (exact) mass is 406 g/mol. The maximum Gasteiger partial charge on any atom is 0.218 e. The maximum absolute atomic E-state index is 13.3. The number of hydrogen-bond donors (Lipinski definition) is 1. The van der Waals surface area contributed by atoms with E-state index in [1.807, 2.05) is 0 Å². The van der Waals surface area contributed by atoms with E-state index in [0.717, 1.165) is 11.1 Å². The Labute approximate surface area is 149 Å². The van der Waals surface area contributed by atoms with Crippen molar-refractivity contribution in [3.05, 3.63) is 58.0 Å². The van der Waals surface area contributed by atoms with Crippen LogP contribution in [0.3, 0.4) is 0 Å². The molecule has 0 saturated heterocycles. The molecule has 24 heavy (non-hydrogen) atoms. The minimum Gasteiger partial charge on any atom is -0.446 e. The van der Waals surface area contributed by atoms with Crippen molar-refractivity contribution < 1.29 is 8.81 Å². The summed E-state index contributed by atoms with van der Waals surface area (Å²) >= 11 is 9.10. The van der Waals surface area contributed by atoms with Gasteiger partial charge in [-0.05, 0) is 63.5 Å². The van der Waals surface area contributed by atoms with E-state index in [2.05, 4.69) is 26.0 Å². The highest BCUT2D eigenvalue weighted by Crippen LogP contribution is 2.29. The molecule has 0 radical (unpaired) electrons. The first-order valence-electron chi connectivity index (χ1n) is 6.89. The van der Waals surface area contributed by atoms with Crippen LogP contribution < -0.4 is 5.73 Å². The smallest absolute Gasteiger partial charge is 0.218 e. The number of nitrogens with zero attached hydrogens (tertiary/aromatic N) is 3. The van der Waals surface area contributed by atoms with Gasteiger partial charge in [0.2, 0.25) is 5.82 Å². The first-order chi connectivity index (χ1) is 11.5. The van der Waals surface area contributed by atoms with Gasteiger partial charge in [-0.1, -0.05) is 17.7 Å². The quantitative estimate of drug-likeness (QED) is 0.518. The van der Waals surface area contributed by atoms with Crippen molar-refractivity contribution in [3.63, 3.8) is 0 Å². The molecule has 120 valence electrons. The summed E-state index contributed by atoms with van der Waals surface area (Å²) in [5.41, 5.74) is 8.12. The zero-order valence-corrected chi connectivity index (χ0v) is 14.3. The lowest BCUT2D eigenvalue weighted by atomic mass is 10.1. The lowest BCUT2D eigenvalue weighted by molar-refractivity contribution is 0.551. The van der Waals surface area contributed by atoms with Gasteiger partial charge >= 0.3 is 0 Å². The van der Waals surface area contributed by atoms with E-state index in [-0.39, 0.29) is 5.02 Å². The Morgan fingerprint density at radius 2 is 1.96 bits per heavy atom. The van der Waals surface area contributed by atoms with Crippen LogP contribution in [-0.4, -0.2) is 14.6 Å². The number of rotatable bonds is 2. The Morgan fingerprint density at radius 3 is 2.67 bits per heavy atom. The van der Waals surface area contributed by atoms with Crippen molar-refractivity contribution in [1.29, 1.82) is 0 Å². The van der Waals surface area contributed by atoms with Crippen molar-refractivity contribution in [2.75, 3.05) is 5.73 Å². The molecule has 0 atom stereocenters. The summed E-state index contributed by atoms with van der Waals surface area (Å²) < 4.78 is 20.9. The largest absolute Gasteiger partial charge is 0.446 e. The van der Waals surface area contributed by atoms with Crippen LogP contribution in [0.15, 0.2) is 51.6 Å². The highest BCUT2D eigenvalue weighted by Gasteiger charge is 2.13. The molecule has 0 spiro atoms. The van der Waals surface area contributed by atoms with Gasteiger partial charge in [0.1, 0.15) is 11.6 Å². The number of halogens is 3. The van der Waals surface area contributed by atoms with Crippen LogP contribution >= 0.6 is 27.5 Å². The van der Waals surface area contributed by atoms with Crippen molar-refractivity contribution in [3.8, 4) is 22.7 Å². The van der Waals surface area contributed by atoms with Gasteiger partial charge < -0.3 is 10.2 Å². The molecule has 5 nitrogen and oxygen atoms in total. The molecule has 4 aromatic rings. The summed E-state index contributed by atoms with van der Waals surface area (Å²) in [7, 11) is 0. The van der Waals surface area contributed by atoms with Crippen LogP contribution in [0.1, 0.15) is 0 Å². The van der Waals surface area contributed by atoms with E-state index in [0.29, 0.717) is 27.7 Å². The molecule has 0 saturated carbocycles. The predicted octanol–water partition coefficient (Wildman–Crippen LogP) is 4.79. The fourth-order valence-corrected chi connectivity index (χ4v) is 2.88. The molecular formula is C16H9BrClFN4O. The van der Waals surface area contributed by atoms with Crippen LogP contribution in [0.25, 0.3) is 28.4 Å². The molecule has 3 aromatic heterocycles. The number of anilines is 1. The van der Waals surface area contributed by atoms with E-state index < -0.39 is 5.82 Å². The van der Waals surface area contributed by atoms with Gasteiger partial charge in [-0.2, -0.15) is 4.52 Å². The minimum absolute atomic E-state index is 0.0496. The van der Waals surface area contributed by atoms with E-state index >= 15 is 0 Å². The minimum atomic E-state index is -0.470. The predicted molar refractivity (Wildman–Crippen MR) is 93.2 cm³/mol. The molecule has 3 heterocycles. The van der Waals surface area contributed by atoms with E-state index in [1.165, 1.54) is 10.6 Å². The number of pyridine rings is 1. The maximum atomic E-state index is 13.3. The van der Waals surface area contributed by atoms with Crippen LogP contribution in [0.4, 0.5) is 10.2 Å². The van der Waals surface area contributed by atoms with Crippen molar-refractivity contribution >= 4 is 39.0 Å². The number of benzene rings is 1. The second kappa shape index (κ2) is 5.61. The highest BCUT2D eigenvalue weighted by molar-refractivity contribution is 9.10.